The van der Waals surface area contributed by atoms with Crippen LogP contribution >= 0.6 is 0 Å². The number of anilines is 1. The van der Waals surface area contributed by atoms with Crippen LogP contribution in [0.3, 0.4) is 0 Å². The highest BCUT2D eigenvalue weighted by molar-refractivity contribution is 6.02. The van der Waals surface area contributed by atoms with Crippen molar-refractivity contribution in [2.75, 3.05) is 11.9 Å². The molecule has 0 spiro atoms. The van der Waals surface area contributed by atoms with Gasteiger partial charge in [0, 0.05) is 17.5 Å². The Balaban J connectivity index is 1.56. The molecule has 0 fully saturated rings. The van der Waals surface area contributed by atoms with Crippen molar-refractivity contribution in [2.45, 2.75) is 19.8 Å². The van der Waals surface area contributed by atoms with Crippen LogP contribution in [-0.4, -0.2) is 18.3 Å². The molecular weight excluding hydrogens is 326 g/mol. The molecule has 3 rings (SSSR count). The summed E-state index contributed by atoms with van der Waals surface area (Å²) in [6.07, 6.45) is 1.25. The number of amides is 1. The van der Waals surface area contributed by atoms with Crippen molar-refractivity contribution in [3.8, 4) is 5.75 Å². The van der Waals surface area contributed by atoms with E-state index in [0.717, 1.165) is 28.4 Å². The van der Waals surface area contributed by atoms with Gasteiger partial charge in [-0.2, -0.15) is 0 Å². The van der Waals surface area contributed by atoms with Crippen molar-refractivity contribution in [2.24, 2.45) is 0 Å². The van der Waals surface area contributed by atoms with Gasteiger partial charge in [-0.3, -0.25) is 4.79 Å². The van der Waals surface area contributed by atoms with Gasteiger partial charge in [-0.25, -0.2) is 0 Å². The Bertz CT molecular complexity index is 911. The van der Waals surface area contributed by atoms with Gasteiger partial charge in [0.05, 0.1) is 0 Å². The topological polar surface area (TPSA) is 55.4 Å². The fraction of sp³-hybridized carbons (Fsp3) is 0.182. The Morgan fingerprint density at radius 2 is 1.65 bits per heavy atom. The van der Waals surface area contributed by atoms with Gasteiger partial charge in [0.25, 0.3) is 5.91 Å². The first-order chi connectivity index (χ1) is 12.6. The van der Waals surface area contributed by atoms with Crippen LogP contribution in [0.4, 0.5) is 5.69 Å². The van der Waals surface area contributed by atoms with E-state index in [2.05, 4.69) is 5.32 Å². The van der Waals surface area contributed by atoms with Crippen LogP contribution in [0.2, 0.25) is 0 Å². The van der Waals surface area contributed by atoms with Gasteiger partial charge in [0.15, 0.2) is 6.61 Å². The monoisotopic (exact) mass is 347 g/mol. The molecule has 26 heavy (non-hydrogen) atoms. The number of benzene rings is 3. The Hall–Kier alpha value is -3.14. The second-order valence-corrected chi connectivity index (χ2v) is 6.21. The molecule has 0 aliphatic rings. The lowest BCUT2D eigenvalue weighted by Crippen LogP contribution is -2.20. The van der Waals surface area contributed by atoms with Crippen LogP contribution in [0.15, 0.2) is 66.7 Å². The summed E-state index contributed by atoms with van der Waals surface area (Å²) in [4.78, 5) is 23.2. The number of ketones is 1. The van der Waals surface area contributed by atoms with E-state index < -0.39 is 0 Å². The van der Waals surface area contributed by atoms with E-state index >= 15 is 0 Å². The minimum Gasteiger partial charge on any atom is -0.484 e. The Morgan fingerprint density at radius 3 is 2.42 bits per heavy atom. The number of aryl methyl sites for hydroxylation is 1. The lowest BCUT2D eigenvalue weighted by atomic mass is 10.1. The van der Waals surface area contributed by atoms with Crippen LogP contribution in [0.5, 0.6) is 5.75 Å². The van der Waals surface area contributed by atoms with E-state index in [4.69, 9.17) is 4.74 Å². The lowest BCUT2D eigenvalue weighted by molar-refractivity contribution is -0.118. The third-order valence-corrected chi connectivity index (χ3v) is 4.12. The summed E-state index contributed by atoms with van der Waals surface area (Å²) in [7, 11) is 0. The summed E-state index contributed by atoms with van der Waals surface area (Å²) in [6.45, 7) is 1.53. The molecule has 0 saturated carbocycles. The maximum atomic E-state index is 12.2. The predicted octanol–water partition coefficient (Wildman–Crippen LogP) is 4.38. The molecule has 1 amide bonds. The van der Waals surface area contributed by atoms with E-state index in [1.165, 1.54) is 0 Å². The van der Waals surface area contributed by atoms with Gasteiger partial charge in [-0.15, -0.1) is 0 Å². The highest BCUT2D eigenvalue weighted by Gasteiger charge is 2.07. The standard InChI is InChI=1S/C22H21NO3/c1-16(24)9-10-17-11-13-19(14-12-17)26-15-22(25)23-21-8-4-6-18-5-2-3-7-20(18)21/h2-8,11-14H,9-10,15H2,1H3,(H,23,25). The van der Waals surface area contributed by atoms with Crippen LogP contribution in [0.25, 0.3) is 10.8 Å². The van der Waals surface area contributed by atoms with E-state index in [1.807, 2.05) is 66.7 Å². The first-order valence-corrected chi connectivity index (χ1v) is 8.60. The number of rotatable bonds is 7. The van der Waals surface area contributed by atoms with Gasteiger partial charge in [-0.1, -0.05) is 48.5 Å². The third kappa shape index (κ3) is 4.70. The van der Waals surface area contributed by atoms with Crippen molar-refractivity contribution in [1.82, 2.24) is 0 Å². The molecular formula is C22H21NO3. The molecule has 0 aliphatic heterocycles. The summed E-state index contributed by atoms with van der Waals surface area (Å²) in [5, 5.41) is 4.97. The molecule has 132 valence electrons. The quantitative estimate of drug-likeness (QED) is 0.690. The Kier molecular flexibility index (Phi) is 5.64. The first kappa shape index (κ1) is 17.7. The average Bonchev–Trinajstić information content (AvgIpc) is 2.66. The van der Waals surface area contributed by atoms with Gasteiger partial charge in [0.1, 0.15) is 11.5 Å². The molecule has 3 aromatic rings. The zero-order chi connectivity index (χ0) is 18.4. The molecule has 4 nitrogen and oxygen atoms in total. The predicted molar refractivity (Wildman–Crippen MR) is 104 cm³/mol. The number of carbonyl (C=O) groups excluding carboxylic acids is 2. The zero-order valence-electron chi connectivity index (χ0n) is 14.7. The second-order valence-electron chi connectivity index (χ2n) is 6.21. The van der Waals surface area contributed by atoms with Crippen LogP contribution in [0.1, 0.15) is 18.9 Å². The molecule has 0 aromatic heterocycles. The number of carbonyl (C=O) groups is 2. The number of fused-ring (bicyclic) bond motifs is 1. The number of Topliss-reactive ketones (excluding diaryl/α,β-unsaturated/α-hetero) is 1. The van der Waals surface area contributed by atoms with Crippen LogP contribution in [-0.2, 0) is 16.0 Å². The number of hydrogen-bond donors (Lipinski definition) is 1. The molecule has 0 radical (unpaired) electrons. The number of ether oxygens (including phenoxy) is 1. The average molecular weight is 347 g/mol. The maximum Gasteiger partial charge on any atom is 0.262 e. The lowest BCUT2D eigenvalue weighted by Gasteiger charge is -2.10. The summed E-state index contributed by atoms with van der Waals surface area (Å²) in [5.74, 6) is 0.599. The maximum absolute atomic E-state index is 12.2. The van der Waals surface area contributed by atoms with E-state index in [-0.39, 0.29) is 18.3 Å². The molecule has 3 aromatic carbocycles. The van der Waals surface area contributed by atoms with E-state index in [9.17, 15) is 9.59 Å². The third-order valence-electron chi connectivity index (χ3n) is 4.12. The second kappa shape index (κ2) is 8.30. The van der Waals surface area contributed by atoms with Crippen molar-refractivity contribution >= 4 is 28.2 Å². The van der Waals surface area contributed by atoms with Crippen molar-refractivity contribution in [3.05, 3.63) is 72.3 Å². The number of nitrogens with one attached hydrogen (secondary N) is 1. The van der Waals surface area contributed by atoms with Gasteiger partial charge in [0.2, 0.25) is 0 Å². The zero-order valence-corrected chi connectivity index (χ0v) is 14.7. The first-order valence-electron chi connectivity index (χ1n) is 8.60. The molecule has 0 saturated heterocycles. The Morgan fingerprint density at radius 1 is 0.923 bits per heavy atom. The smallest absolute Gasteiger partial charge is 0.262 e. The minimum atomic E-state index is -0.206. The van der Waals surface area contributed by atoms with Crippen molar-refractivity contribution < 1.29 is 14.3 Å². The summed E-state index contributed by atoms with van der Waals surface area (Å²) < 4.78 is 5.55. The van der Waals surface area contributed by atoms with Crippen LogP contribution in [0, 0.1) is 0 Å². The van der Waals surface area contributed by atoms with Crippen LogP contribution < -0.4 is 10.1 Å². The van der Waals surface area contributed by atoms with E-state index in [0.29, 0.717) is 12.2 Å². The molecule has 1 N–H and O–H groups in total. The van der Waals surface area contributed by atoms with Crippen molar-refractivity contribution in [3.63, 3.8) is 0 Å². The summed E-state index contributed by atoms with van der Waals surface area (Å²) in [6, 6.07) is 21.2. The highest BCUT2D eigenvalue weighted by atomic mass is 16.5. The Labute approximate surface area is 152 Å². The molecule has 0 unspecified atom stereocenters. The van der Waals surface area contributed by atoms with Gasteiger partial charge >= 0.3 is 0 Å². The summed E-state index contributed by atoms with van der Waals surface area (Å²) >= 11 is 0. The fourth-order valence-electron chi connectivity index (χ4n) is 2.74. The number of hydrogen-bond acceptors (Lipinski definition) is 3. The van der Waals surface area contributed by atoms with Gasteiger partial charge in [-0.05, 0) is 42.5 Å². The molecule has 4 heteroatoms. The van der Waals surface area contributed by atoms with Gasteiger partial charge < -0.3 is 14.8 Å². The molecule has 0 atom stereocenters. The normalized spacial score (nSPS) is 10.5. The summed E-state index contributed by atoms with van der Waals surface area (Å²) in [5.41, 5.74) is 1.85. The van der Waals surface area contributed by atoms with E-state index in [1.54, 1.807) is 6.92 Å². The molecule has 0 heterocycles. The molecule has 0 bridgehead atoms. The minimum absolute atomic E-state index is 0.0595. The SMILES string of the molecule is CC(=O)CCc1ccc(OCC(=O)Nc2cccc3ccccc23)cc1. The fourth-order valence-corrected chi connectivity index (χ4v) is 2.74. The van der Waals surface area contributed by atoms with Crippen molar-refractivity contribution in [1.29, 1.82) is 0 Å². The molecule has 0 aliphatic carbocycles. The largest absolute Gasteiger partial charge is 0.484 e. The highest BCUT2D eigenvalue weighted by Crippen LogP contribution is 2.23.